The van der Waals surface area contributed by atoms with Gasteiger partial charge in [0.2, 0.25) is 0 Å². The Hall–Kier alpha value is 0.0469. The van der Waals surface area contributed by atoms with E-state index in [9.17, 15) is 4.79 Å². The van der Waals surface area contributed by atoms with Crippen LogP contribution in [0.4, 0.5) is 0 Å². The van der Waals surface area contributed by atoms with Gasteiger partial charge in [0.1, 0.15) is 0 Å². The van der Waals surface area contributed by atoms with Gasteiger partial charge in [-0.05, 0) is 6.42 Å². The van der Waals surface area contributed by atoms with Gasteiger partial charge in [-0.2, -0.15) is 0 Å². The van der Waals surface area contributed by atoms with E-state index in [-0.39, 0.29) is 11.9 Å². The molecule has 0 aliphatic heterocycles. The Balaban J connectivity index is 3.94. The fraction of sp³-hybridized carbons (Fsp3) is 0.900. The Morgan fingerprint density at radius 1 is 1.29 bits per heavy atom. The molecule has 5 nitrogen and oxygen atoms in total. The summed E-state index contributed by atoms with van der Waals surface area (Å²) in [6.07, 6.45) is 0.666. The quantitative estimate of drug-likeness (QED) is 0.281. The minimum absolute atomic E-state index is 0.0966. The topological polar surface area (TPSA) is 54.0 Å². The molecule has 0 atom stereocenters. The molecule has 0 rings (SSSR count). The van der Waals surface area contributed by atoms with Gasteiger partial charge in [-0.3, -0.25) is 4.79 Å². The lowest BCUT2D eigenvalue weighted by atomic mass is 10.2. The zero-order valence-corrected chi connectivity index (χ0v) is 13.4. The molecule has 0 heterocycles. The highest BCUT2D eigenvalue weighted by atomic mass is 79.9. The summed E-state index contributed by atoms with van der Waals surface area (Å²) >= 11 is 3.19. The minimum Gasteiger partial charge on any atom is -0.465 e. The largest absolute Gasteiger partial charge is 0.501 e. The van der Waals surface area contributed by atoms with E-state index in [1.54, 1.807) is 28.1 Å². The van der Waals surface area contributed by atoms with Crippen LogP contribution in [0.1, 0.15) is 20.3 Å². The smallest absolute Gasteiger partial charge is 0.465 e. The number of alkyl halides is 1. The highest BCUT2D eigenvalue weighted by molar-refractivity contribution is 9.09. The maximum absolute atomic E-state index is 11.2. The summed E-state index contributed by atoms with van der Waals surface area (Å²) in [5.74, 6) is -0.283. The Kier molecular flexibility index (Phi) is 9.07. The van der Waals surface area contributed by atoms with Crippen LogP contribution >= 0.6 is 15.9 Å². The molecule has 102 valence electrons. The number of halogens is 1. The van der Waals surface area contributed by atoms with E-state index in [1.165, 1.54) is 0 Å². The first kappa shape index (κ1) is 17.0. The average Bonchev–Trinajstić information content (AvgIpc) is 2.32. The van der Waals surface area contributed by atoms with Crippen molar-refractivity contribution in [3.8, 4) is 0 Å². The van der Waals surface area contributed by atoms with Gasteiger partial charge in [0.05, 0.1) is 18.0 Å². The van der Waals surface area contributed by atoms with Crippen LogP contribution in [0, 0.1) is 5.92 Å². The molecular weight excluding hydrogens is 308 g/mol. The highest BCUT2D eigenvalue weighted by Crippen LogP contribution is 2.17. The third-order valence-electron chi connectivity index (χ3n) is 2.24. The van der Waals surface area contributed by atoms with Crippen molar-refractivity contribution in [3.63, 3.8) is 0 Å². The number of hydrogen-bond acceptors (Lipinski definition) is 5. The first-order chi connectivity index (χ1) is 8.01. The molecule has 0 aromatic heterocycles. The van der Waals surface area contributed by atoms with Gasteiger partial charge in [0.25, 0.3) is 0 Å². The molecule has 0 aliphatic rings. The lowest BCUT2D eigenvalue weighted by Gasteiger charge is -2.25. The van der Waals surface area contributed by atoms with Crippen LogP contribution in [0.3, 0.4) is 0 Å². The van der Waals surface area contributed by atoms with Gasteiger partial charge in [-0.1, -0.05) is 29.8 Å². The van der Waals surface area contributed by atoms with Crippen molar-refractivity contribution < 1.29 is 22.8 Å². The molecule has 0 fully saturated rings. The summed E-state index contributed by atoms with van der Waals surface area (Å²) in [7, 11) is 0.555. The molecule has 17 heavy (non-hydrogen) atoms. The van der Waals surface area contributed by atoms with E-state index in [0.29, 0.717) is 24.6 Å². The Morgan fingerprint density at radius 2 is 1.88 bits per heavy atom. The summed E-state index contributed by atoms with van der Waals surface area (Å²) in [5.41, 5.74) is 0.368. The van der Waals surface area contributed by atoms with Gasteiger partial charge in [0, 0.05) is 20.3 Å². The second-order valence-corrected chi connectivity index (χ2v) is 7.20. The minimum atomic E-state index is -2.58. The second-order valence-electron chi connectivity index (χ2n) is 3.77. The lowest BCUT2D eigenvalue weighted by molar-refractivity contribution is -0.147. The van der Waals surface area contributed by atoms with Gasteiger partial charge in [0.15, 0.2) is 0 Å². The summed E-state index contributed by atoms with van der Waals surface area (Å²) in [5, 5.41) is 0. The van der Waals surface area contributed by atoms with Gasteiger partial charge >= 0.3 is 14.8 Å². The molecule has 0 aromatic carbocycles. The van der Waals surface area contributed by atoms with Gasteiger partial charge in [-0.15, -0.1) is 0 Å². The van der Waals surface area contributed by atoms with Crippen LogP contribution in [-0.2, 0) is 22.8 Å². The number of esters is 1. The molecule has 0 saturated carbocycles. The van der Waals surface area contributed by atoms with E-state index in [0.717, 1.165) is 0 Å². The fourth-order valence-electron chi connectivity index (χ4n) is 1.19. The number of carbonyl (C=O) groups excluding carboxylic acids is 1. The van der Waals surface area contributed by atoms with Crippen LogP contribution < -0.4 is 0 Å². The molecule has 0 unspecified atom stereocenters. The fourth-order valence-corrected chi connectivity index (χ4v) is 3.93. The predicted molar refractivity (Wildman–Crippen MR) is 69.9 cm³/mol. The number of carbonyl (C=O) groups is 1. The molecule has 0 spiro atoms. The second kappa shape index (κ2) is 9.04. The van der Waals surface area contributed by atoms with Crippen LogP contribution in [-0.4, -0.2) is 41.1 Å². The molecule has 0 radical (unpaired) electrons. The van der Waals surface area contributed by atoms with E-state index < -0.39 is 8.80 Å². The monoisotopic (exact) mass is 328 g/mol. The molecule has 0 N–H and O–H groups in total. The van der Waals surface area contributed by atoms with Gasteiger partial charge in [-0.25, -0.2) is 0 Å². The molecule has 0 bridgehead atoms. The Bertz CT molecular complexity index is 221. The SMILES string of the molecule is CO[Si](CCCOC(=O)C(C)C)(OC)OCBr. The Labute approximate surface area is 112 Å². The van der Waals surface area contributed by atoms with Crippen LogP contribution in [0.2, 0.25) is 6.04 Å². The first-order valence-corrected chi connectivity index (χ1v) is 8.53. The summed E-state index contributed by atoms with van der Waals surface area (Å²) in [6.45, 7) is 3.98. The third kappa shape index (κ3) is 6.51. The van der Waals surface area contributed by atoms with Crippen LogP contribution in [0.5, 0.6) is 0 Å². The molecule has 0 saturated heterocycles. The van der Waals surface area contributed by atoms with Crippen LogP contribution in [0.25, 0.3) is 0 Å². The van der Waals surface area contributed by atoms with Crippen molar-refractivity contribution in [1.82, 2.24) is 0 Å². The van der Waals surface area contributed by atoms with Crippen LogP contribution in [0.15, 0.2) is 0 Å². The molecule has 0 aromatic rings. The summed E-state index contributed by atoms with van der Waals surface area (Å²) < 4.78 is 21.1. The molecule has 0 amide bonds. The highest BCUT2D eigenvalue weighted by Gasteiger charge is 2.38. The zero-order chi connectivity index (χ0) is 13.3. The number of rotatable bonds is 9. The van der Waals surface area contributed by atoms with Crippen molar-refractivity contribution in [3.05, 3.63) is 0 Å². The van der Waals surface area contributed by atoms with E-state index in [4.69, 9.17) is 18.0 Å². The maximum Gasteiger partial charge on any atom is 0.501 e. The standard InChI is InChI=1S/C10H21BrO5Si/c1-9(2)10(12)15-6-5-7-17(13-3,14-4)16-8-11/h9H,5-8H2,1-4H3. The average molecular weight is 329 g/mol. The van der Waals surface area contributed by atoms with Gasteiger partial charge < -0.3 is 18.0 Å². The normalized spacial score (nSPS) is 11.9. The number of hydrogen-bond donors (Lipinski definition) is 0. The Morgan fingerprint density at radius 3 is 2.29 bits per heavy atom. The molecule has 7 heteroatoms. The van der Waals surface area contributed by atoms with Crippen molar-refractivity contribution in [2.24, 2.45) is 5.92 Å². The number of ether oxygens (including phenoxy) is 1. The third-order valence-corrected chi connectivity index (χ3v) is 5.69. The van der Waals surface area contributed by atoms with Crippen molar-refractivity contribution >= 4 is 30.7 Å². The van der Waals surface area contributed by atoms with Crippen molar-refractivity contribution in [2.45, 2.75) is 26.3 Å². The molecular formula is C10H21BrO5Si. The van der Waals surface area contributed by atoms with E-state index in [1.807, 2.05) is 0 Å². The van der Waals surface area contributed by atoms with Crippen molar-refractivity contribution in [2.75, 3.05) is 26.3 Å². The first-order valence-electron chi connectivity index (χ1n) is 5.48. The predicted octanol–water partition coefficient (Wildman–Crippen LogP) is 2.18. The zero-order valence-electron chi connectivity index (χ0n) is 10.8. The lowest BCUT2D eigenvalue weighted by Crippen LogP contribution is -2.43. The van der Waals surface area contributed by atoms with Crippen molar-refractivity contribution in [1.29, 1.82) is 0 Å². The van der Waals surface area contributed by atoms with E-state index >= 15 is 0 Å². The summed E-state index contributed by atoms with van der Waals surface area (Å²) in [4.78, 5) is 11.2. The summed E-state index contributed by atoms with van der Waals surface area (Å²) in [6, 6.07) is 0.622. The van der Waals surface area contributed by atoms with E-state index in [2.05, 4.69) is 15.9 Å². The molecule has 0 aliphatic carbocycles. The maximum atomic E-state index is 11.2.